The van der Waals surface area contributed by atoms with E-state index in [2.05, 4.69) is 20.1 Å². The van der Waals surface area contributed by atoms with Crippen molar-refractivity contribution in [1.29, 1.82) is 0 Å². The van der Waals surface area contributed by atoms with Crippen molar-refractivity contribution in [3.05, 3.63) is 21.3 Å². The van der Waals surface area contributed by atoms with Gasteiger partial charge in [0.05, 0.1) is 6.61 Å². The maximum atomic E-state index is 12.5. The summed E-state index contributed by atoms with van der Waals surface area (Å²) in [6.07, 6.45) is -3.93. The number of aliphatic hydroxyl groups is 1. The molecule has 1 saturated heterocycles. The van der Waals surface area contributed by atoms with Crippen molar-refractivity contribution in [3.63, 3.8) is 0 Å². The Kier molecular flexibility index (Phi) is 7.32. The molecule has 1 aromatic heterocycles. The summed E-state index contributed by atoms with van der Waals surface area (Å²) in [4.78, 5) is 25.6. The number of nitrogens with zero attached hydrogens (tertiary/aromatic N) is 3. The molecule has 0 bridgehead atoms. The zero-order valence-corrected chi connectivity index (χ0v) is 17.6. The van der Waals surface area contributed by atoms with Gasteiger partial charge in [-0.3, -0.25) is 4.55 Å². The van der Waals surface area contributed by atoms with E-state index in [4.69, 9.17) is 25.1 Å². The first-order chi connectivity index (χ1) is 14.6. The molecule has 176 valence electrons. The van der Waals surface area contributed by atoms with E-state index in [0.29, 0.717) is 19.6 Å². The van der Waals surface area contributed by atoms with E-state index in [0.717, 1.165) is 11.0 Å². The number of H-pyrrole nitrogens is 1. The molecule has 4 atom stereocenters. The number of likely N-dealkylation sites (N-methyl/N-ethyl adjacent to an activating group) is 1. The smallest absolute Gasteiger partial charge is 0.385 e. The average molecular weight is 465 g/mol. The van der Waals surface area contributed by atoms with Crippen molar-refractivity contribution in [1.82, 2.24) is 19.8 Å². The van der Waals surface area contributed by atoms with Crippen LogP contribution in [0, 0.1) is 0 Å². The molecule has 0 saturated carbocycles. The lowest BCUT2D eigenvalue weighted by atomic mass is 10.1. The van der Waals surface area contributed by atoms with E-state index >= 15 is 0 Å². The summed E-state index contributed by atoms with van der Waals surface area (Å²) < 4.78 is 43.4. The van der Waals surface area contributed by atoms with E-state index in [1.54, 1.807) is 7.05 Å². The summed E-state index contributed by atoms with van der Waals surface area (Å²) in [6.45, 7) is 1.23. The first-order valence-electron chi connectivity index (χ1n) is 9.50. The van der Waals surface area contributed by atoms with Crippen molar-refractivity contribution in [2.75, 3.05) is 33.4 Å². The van der Waals surface area contributed by atoms with Gasteiger partial charge in [0.25, 0.3) is 0 Å². The molecule has 3 heterocycles. The second-order valence-corrected chi connectivity index (χ2v) is 8.34. The molecule has 0 unspecified atom stereocenters. The lowest BCUT2D eigenvalue weighted by Gasteiger charge is -2.24. The van der Waals surface area contributed by atoms with Crippen molar-refractivity contribution in [2.45, 2.75) is 37.4 Å². The Labute approximate surface area is 177 Å². The summed E-state index contributed by atoms with van der Waals surface area (Å²) >= 11 is 0. The average Bonchev–Trinajstić information content (AvgIpc) is 3.16. The molecule has 31 heavy (non-hydrogen) atoms. The first-order valence-corrected chi connectivity index (χ1v) is 10.9. The Morgan fingerprint density at radius 3 is 2.84 bits per heavy atom. The van der Waals surface area contributed by atoms with Gasteiger partial charge in [-0.15, -0.1) is 0 Å². The van der Waals surface area contributed by atoms with E-state index in [1.165, 1.54) is 0 Å². The van der Waals surface area contributed by atoms with Crippen LogP contribution in [0.25, 0.3) is 5.82 Å². The van der Waals surface area contributed by atoms with Gasteiger partial charge in [0.2, 0.25) is 0 Å². The molecule has 0 spiro atoms. The van der Waals surface area contributed by atoms with E-state index in [9.17, 15) is 18.3 Å². The fraction of sp³-hybridized carbons (Fsp3) is 0.733. The highest BCUT2D eigenvalue weighted by Crippen LogP contribution is 2.31. The van der Waals surface area contributed by atoms with Crippen molar-refractivity contribution < 1.29 is 31.8 Å². The number of ether oxygens (including phenoxy) is 1. The van der Waals surface area contributed by atoms with Crippen LogP contribution in [0.4, 0.5) is 0 Å². The molecule has 2 aliphatic rings. The van der Waals surface area contributed by atoms with Crippen LogP contribution in [-0.4, -0.2) is 84.3 Å². The molecular formula is C15H27N7O8S. The third-order valence-corrected chi connectivity index (χ3v) is 5.48. The molecule has 0 aliphatic carbocycles. The summed E-state index contributed by atoms with van der Waals surface area (Å²) in [5.74, 6) is 5.18. The zero-order chi connectivity index (χ0) is 22.8. The lowest BCUT2D eigenvalue weighted by molar-refractivity contribution is -0.0477. The number of imidazole rings is 1. The van der Waals surface area contributed by atoms with Gasteiger partial charge in [0, 0.05) is 6.54 Å². The number of nitrogens with one attached hydrogen (secondary N) is 2. The predicted octanol–water partition coefficient (Wildman–Crippen LogP) is -4.57. The van der Waals surface area contributed by atoms with E-state index in [1.807, 2.05) is 4.90 Å². The highest BCUT2D eigenvalue weighted by atomic mass is 32.3. The van der Waals surface area contributed by atoms with Crippen LogP contribution in [0.15, 0.2) is 9.79 Å². The second kappa shape index (κ2) is 9.61. The highest BCUT2D eigenvalue weighted by molar-refractivity contribution is 7.80. The van der Waals surface area contributed by atoms with E-state index in [-0.39, 0.29) is 29.9 Å². The second-order valence-electron chi connectivity index (χ2n) is 7.29. The monoisotopic (exact) mass is 465 g/mol. The van der Waals surface area contributed by atoms with Gasteiger partial charge in [-0.2, -0.15) is 8.42 Å². The minimum Gasteiger partial charge on any atom is -0.385 e. The normalized spacial score (nSPS) is 26.0. The quantitative estimate of drug-likeness (QED) is 0.109. The fourth-order valence-corrected chi connectivity index (χ4v) is 4.13. The van der Waals surface area contributed by atoms with Gasteiger partial charge < -0.3 is 35.6 Å². The van der Waals surface area contributed by atoms with Crippen LogP contribution in [0.3, 0.4) is 0 Å². The molecular weight excluding hydrogens is 438 g/mol. The van der Waals surface area contributed by atoms with Gasteiger partial charge in [0.15, 0.2) is 11.7 Å². The summed E-state index contributed by atoms with van der Waals surface area (Å²) in [5.41, 5.74) is 5.32. The third kappa shape index (κ3) is 5.42. The molecule has 8 N–H and O–H groups in total. The van der Waals surface area contributed by atoms with Crippen LogP contribution in [0.2, 0.25) is 0 Å². The minimum absolute atomic E-state index is 0.0998. The predicted molar refractivity (Wildman–Crippen MR) is 105 cm³/mol. The van der Waals surface area contributed by atoms with Crippen LogP contribution in [-0.2, 0) is 24.2 Å². The number of nitrogens with two attached hydrogens (primary N) is 2. The fourth-order valence-electron chi connectivity index (χ4n) is 3.61. The Morgan fingerprint density at radius 1 is 1.42 bits per heavy atom. The topological polar surface area (TPSA) is 220 Å². The number of aromatic amines is 1. The zero-order valence-electron chi connectivity index (χ0n) is 16.8. The van der Waals surface area contributed by atoms with Gasteiger partial charge in [0.1, 0.15) is 36.2 Å². The van der Waals surface area contributed by atoms with E-state index < -0.39 is 40.6 Å². The van der Waals surface area contributed by atoms with Crippen molar-refractivity contribution >= 4 is 16.2 Å². The minimum atomic E-state index is -4.90. The number of fused-ring (bicyclic) bond motifs is 1. The van der Waals surface area contributed by atoms with Gasteiger partial charge in [-0.1, -0.05) is 0 Å². The van der Waals surface area contributed by atoms with Gasteiger partial charge in [-0.25, -0.2) is 24.4 Å². The maximum Gasteiger partial charge on any atom is 0.397 e. The Balaban J connectivity index is 1.86. The molecule has 1 fully saturated rings. The molecule has 0 amide bonds. The summed E-state index contributed by atoms with van der Waals surface area (Å²) in [5, 5.41) is 13.8. The molecule has 2 aliphatic heterocycles. The van der Waals surface area contributed by atoms with Crippen LogP contribution >= 0.6 is 0 Å². The largest absolute Gasteiger partial charge is 0.397 e. The van der Waals surface area contributed by atoms with Gasteiger partial charge >= 0.3 is 16.1 Å². The Hall–Kier alpha value is -2.05. The molecule has 16 heteroatoms. The molecule has 1 aromatic rings. The Bertz CT molecular complexity index is 1050. The number of aromatic nitrogens is 2. The number of unbranched alkanes of at least 4 members (excludes halogenated alkanes) is 1. The molecule has 3 rings (SSSR count). The summed E-state index contributed by atoms with van der Waals surface area (Å²) in [7, 11) is -3.14. The number of hydrogen-bond donors (Lipinski definition) is 6. The maximum absolute atomic E-state index is 12.5. The van der Waals surface area contributed by atoms with Crippen molar-refractivity contribution in [3.8, 4) is 0 Å². The molecule has 15 nitrogen and oxygen atoms in total. The number of rotatable bonds is 10. The Morgan fingerprint density at radius 2 is 2.16 bits per heavy atom. The van der Waals surface area contributed by atoms with Crippen LogP contribution in [0.1, 0.15) is 19.1 Å². The first kappa shape index (κ1) is 23.6. The number of aliphatic hydroxyl groups excluding tert-OH is 1. The standard InChI is InChI=1S/C15H27N7O8S/c1-21(4-2-3-5-28-17)6-8-11(30-31(25,26)27)10(23)14(29-8)22-13-9(20-15(22)24)12(16)18-7-19-13/h8,10-11,14,18,23H,2-7,16-17H2,1H3,(H,20,24)(H,25,26,27)/t8-,10-,11-,14-/m1/s1. The highest BCUT2D eigenvalue weighted by Gasteiger charge is 2.49. The number of hydrogen-bond acceptors (Lipinski definition) is 12. The van der Waals surface area contributed by atoms with Crippen molar-refractivity contribution in [2.24, 2.45) is 16.6 Å². The molecule has 0 radical (unpaired) electrons. The van der Waals surface area contributed by atoms with Crippen LogP contribution in [0.5, 0.6) is 0 Å². The lowest BCUT2D eigenvalue weighted by Crippen LogP contribution is -2.46. The molecule has 0 aromatic carbocycles. The third-order valence-electron chi connectivity index (χ3n) is 5.01. The SMILES string of the molecule is CN(CCCCON)C[C@H]1O[C@@H](n2c(=O)[nH]c3c2=NCNC=3N)[C@H](O)[C@@H]1OS(=O)(=O)O. The van der Waals surface area contributed by atoms with Crippen LogP contribution < -0.4 is 33.5 Å². The van der Waals surface area contributed by atoms with Gasteiger partial charge in [-0.05, 0) is 26.4 Å². The summed E-state index contributed by atoms with van der Waals surface area (Å²) in [6, 6.07) is 0.